The van der Waals surface area contributed by atoms with Crippen LogP contribution in [0.4, 0.5) is 5.69 Å². The summed E-state index contributed by atoms with van der Waals surface area (Å²) in [6.07, 6.45) is -0.943. The third-order valence-corrected chi connectivity index (χ3v) is 6.10. The average molecular weight is 448 g/mol. The number of carbonyl (C=O) groups is 2. The van der Waals surface area contributed by atoms with Gasteiger partial charge in [-0.1, -0.05) is 12.1 Å². The summed E-state index contributed by atoms with van der Waals surface area (Å²) in [7, 11) is -2.36. The van der Waals surface area contributed by atoms with Crippen molar-refractivity contribution in [3.05, 3.63) is 48.5 Å². The number of methoxy groups -OCH3 is 1. The Kier molecular flexibility index (Phi) is 6.81. The Balaban J connectivity index is 1.69. The summed E-state index contributed by atoms with van der Waals surface area (Å²) in [5.41, 5.74) is 0.525. The van der Waals surface area contributed by atoms with Gasteiger partial charge >= 0.3 is 5.97 Å². The van der Waals surface area contributed by atoms with Gasteiger partial charge < -0.3 is 19.1 Å². The molecule has 2 aromatic rings. The molecule has 0 spiro atoms. The van der Waals surface area contributed by atoms with Crippen LogP contribution in [0.5, 0.6) is 11.5 Å². The molecule has 0 saturated carbocycles. The maximum absolute atomic E-state index is 12.8. The van der Waals surface area contributed by atoms with Crippen LogP contribution in [-0.2, 0) is 24.3 Å². The van der Waals surface area contributed by atoms with Gasteiger partial charge in [-0.2, -0.15) is 0 Å². The van der Waals surface area contributed by atoms with E-state index in [0.29, 0.717) is 17.2 Å². The molecule has 0 fully saturated rings. The van der Waals surface area contributed by atoms with Crippen LogP contribution in [0.15, 0.2) is 53.4 Å². The van der Waals surface area contributed by atoms with Crippen LogP contribution in [0, 0.1) is 0 Å². The molecule has 0 bridgehead atoms. The molecule has 0 saturated heterocycles. The second kappa shape index (κ2) is 9.36. The van der Waals surface area contributed by atoms with Gasteiger partial charge in [0.15, 0.2) is 6.61 Å². The molecule has 31 heavy (non-hydrogen) atoms. The highest BCUT2D eigenvalue weighted by atomic mass is 32.2. The number of anilines is 1. The lowest BCUT2D eigenvalue weighted by atomic mass is 10.2. The zero-order valence-electron chi connectivity index (χ0n) is 17.4. The summed E-state index contributed by atoms with van der Waals surface area (Å²) < 4.78 is 42.8. The minimum absolute atomic E-state index is 0.00999. The Morgan fingerprint density at radius 2 is 1.84 bits per heavy atom. The number of para-hydroxylation sites is 2. The minimum atomic E-state index is -3.61. The second-order valence-corrected chi connectivity index (χ2v) is 8.85. The van der Waals surface area contributed by atoms with Crippen LogP contribution in [-0.4, -0.2) is 52.7 Å². The van der Waals surface area contributed by atoms with Crippen LogP contribution in [0.25, 0.3) is 0 Å². The molecule has 2 aromatic carbocycles. The zero-order chi connectivity index (χ0) is 22.6. The molecule has 0 unspecified atom stereocenters. The van der Waals surface area contributed by atoms with E-state index in [1.807, 2.05) is 0 Å². The number of amides is 1. The molecular weight excluding hydrogens is 424 g/mol. The van der Waals surface area contributed by atoms with E-state index >= 15 is 0 Å². The van der Waals surface area contributed by atoms with Crippen molar-refractivity contribution in [1.82, 2.24) is 4.72 Å². The van der Waals surface area contributed by atoms with E-state index < -0.39 is 22.1 Å². The number of sulfonamides is 1. The number of esters is 1. The molecule has 3 rings (SSSR count). The molecule has 1 heterocycles. The lowest BCUT2D eigenvalue weighted by molar-refractivity contribution is -0.148. The number of nitrogens with zero attached hydrogens (tertiary/aromatic N) is 1. The van der Waals surface area contributed by atoms with Gasteiger partial charge in [-0.15, -0.1) is 0 Å². The molecular formula is C21H24N2O7S. The predicted octanol–water partition coefficient (Wildman–Crippen LogP) is 1.72. The van der Waals surface area contributed by atoms with Crippen LogP contribution in [0.2, 0.25) is 0 Å². The number of nitrogens with one attached hydrogen (secondary N) is 1. The van der Waals surface area contributed by atoms with Crippen LogP contribution in [0.1, 0.15) is 13.8 Å². The second-order valence-electron chi connectivity index (χ2n) is 7.14. The van der Waals surface area contributed by atoms with Gasteiger partial charge in [0.25, 0.3) is 5.91 Å². The molecule has 1 aliphatic rings. The SMILES string of the molecule is COC(=O)[C@@H]1CN(C(=O)COc2ccc(S(=O)(=O)NC(C)C)cc2)c2ccccc2O1. The van der Waals surface area contributed by atoms with E-state index in [1.54, 1.807) is 38.1 Å². The third kappa shape index (κ3) is 5.33. The van der Waals surface area contributed by atoms with E-state index in [2.05, 4.69) is 4.72 Å². The standard InChI is InChI=1S/C21H24N2O7S/c1-14(2)22-31(26,27)16-10-8-15(9-11-16)29-13-20(24)23-12-19(21(25)28-3)30-18-7-5-4-6-17(18)23/h4-11,14,19,22H,12-13H2,1-3H3/t19-/m0/s1. The summed E-state index contributed by atoms with van der Waals surface area (Å²) in [4.78, 5) is 26.3. The Morgan fingerprint density at radius 3 is 2.48 bits per heavy atom. The average Bonchev–Trinajstić information content (AvgIpc) is 2.75. The molecule has 1 atom stereocenters. The number of benzene rings is 2. The van der Waals surface area contributed by atoms with Crippen molar-refractivity contribution in [3.8, 4) is 11.5 Å². The first-order valence-corrected chi connectivity index (χ1v) is 11.1. The highest BCUT2D eigenvalue weighted by Crippen LogP contribution is 2.33. The highest BCUT2D eigenvalue weighted by molar-refractivity contribution is 7.89. The molecule has 9 nitrogen and oxygen atoms in total. The normalized spacial score (nSPS) is 15.7. The molecule has 1 amide bonds. The maximum Gasteiger partial charge on any atom is 0.348 e. The number of fused-ring (bicyclic) bond motifs is 1. The van der Waals surface area contributed by atoms with E-state index in [4.69, 9.17) is 14.2 Å². The van der Waals surface area contributed by atoms with Gasteiger partial charge in [0, 0.05) is 6.04 Å². The van der Waals surface area contributed by atoms with E-state index in [9.17, 15) is 18.0 Å². The van der Waals surface area contributed by atoms with Gasteiger partial charge in [-0.25, -0.2) is 17.9 Å². The van der Waals surface area contributed by atoms with Crippen molar-refractivity contribution < 1.29 is 32.2 Å². The van der Waals surface area contributed by atoms with Crippen molar-refractivity contribution in [2.24, 2.45) is 0 Å². The fourth-order valence-corrected chi connectivity index (χ4v) is 4.29. The quantitative estimate of drug-likeness (QED) is 0.642. The first-order valence-electron chi connectivity index (χ1n) is 9.60. The molecule has 0 radical (unpaired) electrons. The Bertz CT molecular complexity index is 1050. The Hall–Kier alpha value is -3.11. The largest absolute Gasteiger partial charge is 0.484 e. The smallest absolute Gasteiger partial charge is 0.348 e. The van der Waals surface area contributed by atoms with Gasteiger partial charge in [0.1, 0.15) is 11.5 Å². The summed E-state index contributed by atoms with van der Waals surface area (Å²) in [5, 5.41) is 0. The molecule has 166 valence electrons. The molecule has 1 aliphatic heterocycles. The molecule has 10 heteroatoms. The fraction of sp³-hybridized carbons (Fsp3) is 0.333. The van der Waals surface area contributed by atoms with Crippen LogP contribution >= 0.6 is 0 Å². The van der Waals surface area contributed by atoms with Crippen molar-refractivity contribution >= 4 is 27.6 Å². The lowest BCUT2D eigenvalue weighted by Crippen LogP contribution is -2.48. The van der Waals surface area contributed by atoms with Crippen LogP contribution < -0.4 is 19.1 Å². The van der Waals surface area contributed by atoms with Gasteiger partial charge in [0.05, 0.1) is 24.2 Å². The highest BCUT2D eigenvalue weighted by Gasteiger charge is 2.34. The third-order valence-electron chi connectivity index (χ3n) is 4.43. The minimum Gasteiger partial charge on any atom is -0.484 e. The van der Waals surface area contributed by atoms with Gasteiger partial charge in [-0.3, -0.25) is 4.79 Å². The molecule has 1 N–H and O–H groups in total. The first-order chi connectivity index (χ1) is 14.7. The number of carbonyl (C=O) groups excluding carboxylic acids is 2. The van der Waals surface area contributed by atoms with Crippen LogP contribution in [0.3, 0.4) is 0 Å². The Labute approximate surface area is 181 Å². The predicted molar refractivity (Wildman–Crippen MR) is 113 cm³/mol. The zero-order valence-corrected chi connectivity index (χ0v) is 18.2. The maximum atomic E-state index is 12.8. The van der Waals surface area contributed by atoms with Crippen molar-refractivity contribution in [2.45, 2.75) is 30.9 Å². The molecule has 0 aliphatic carbocycles. The lowest BCUT2D eigenvalue weighted by Gasteiger charge is -2.33. The van der Waals surface area contributed by atoms with E-state index in [1.165, 1.54) is 36.3 Å². The van der Waals surface area contributed by atoms with Crippen molar-refractivity contribution in [3.63, 3.8) is 0 Å². The summed E-state index contributed by atoms with van der Waals surface area (Å²) in [6.45, 7) is 3.15. The summed E-state index contributed by atoms with van der Waals surface area (Å²) in [6, 6.07) is 12.4. The Morgan fingerprint density at radius 1 is 1.16 bits per heavy atom. The topological polar surface area (TPSA) is 111 Å². The summed E-state index contributed by atoms with van der Waals surface area (Å²) >= 11 is 0. The number of rotatable bonds is 7. The van der Waals surface area contributed by atoms with E-state index in [-0.39, 0.29) is 30.0 Å². The monoisotopic (exact) mass is 448 g/mol. The van der Waals surface area contributed by atoms with Gasteiger partial charge in [-0.05, 0) is 50.2 Å². The number of hydrogen-bond acceptors (Lipinski definition) is 7. The van der Waals surface area contributed by atoms with Crippen molar-refractivity contribution in [1.29, 1.82) is 0 Å². The van der Waals surface area contributed by atoms with Crippen molar-refractivity contribution in [2.75, 3.05) is 25.2 Å². The number of ether oxygens (including phenoxy) is 3. The van der Waals surface area contributed by atoms with Gasteiger partial charge in [0.2, 0.25) is 16.1 Å². The fourth-order valence-electron chi connectivity index (χ4n) is 3.04. The summed E-state index contributed by atoms with van der Waals surface area (Å²) in [5.74, 6) is -0.240. The van der Waals surface area contributed by atoms with E-state index in [0.717, 1.165) is 0 Å². The first kappa shape index (κ1) is 22.6. The number of hydrogen-bond donors (Lipinski definition) is 1. The molecule has 0 aromatic heterocycles.